The second-order valence-corrected chi connectivity index (χ2v) is 7.63. The molecule has 1 aliphatic heterocycles. The molecule has 2 heterocycles. The second-order valence-electron chi connectivity index (χ2n) is 7.63. The third-order valence-corrected chi connectivity index (χ3v) is 5.70. The van der Waals surface area contributed by atoms with Crippen molar-refractivity contribution in [3.8, 4) is 11.5 Å². The van der Waals surface area contributed by atoms with Crippen molar-refractivity contribution < 1.29 is 14.3 Å². The van der Waals surface area contributed by atoms with E-state index in [1.165, 1.54) is 11.1 Å². The second kappa shape index (κ2) is 7.66. The molecule has 5 nitrogen and oxygen atoms in total. The van der Waals surface area contributed by atoms with Gasteiger partial charge in [0, 0.05) is 18.8 Å². The Balaban J connectivity index is 1.56. The minimum Gasteiger partial charge on any atom is -0.454 e. The first-order valence-corrected chi connectivity index (χ1v) is 9.82. The summed E-state index contributed by atoms with van der Waals surface area (Å²) >= 11 is 0. The van der Waals surface area contributed by atoms with Gasteiger partial charge in [0.2, 0.25) is 6.79 Å². The zero-order chi connectivity index (χ0) is 20.5. The lowest BCUT2D eigenvalue weighted by Crippen LogP contribution is -2.26. The van der Waals surface area contributed by atoms with Crippen molar-refractivity contribution in [1.29, 1.82) is 0 Å². The summed E-state index contributed by atoms with van der Waals surface area (Å²) in [5.74, 6) is 1.40. The SMILES string of the molecule is Cc1ccc(Cn2c(C)c(C)c(C)c2C(=O)NCc2ccc3c(c2)OCO3)cc1. The van der Waals surface area contributed by atoms with E-state index in [2.05, 4.69) is 54.9 Å². The van der Waals surface area contributed by atoms with Gasteiger partial charge in [-0.05, 0) is 62.1 Å². The van der Waals surface area contributed by atoms with Crippen LogP contribution in [0.2, 0.25) is 0 Å². The van der Waals surface area contributed by atoms with E-state index < -0.39 is 0 Å². The van der Waals surface area contributed by atoms with Crippen molar-refractivity contribution in [2.24, 2.45) is 0 Å². The van der Waals surface area contributed by atoms with E-state index in [0.29, 0.717) is 13.1 Å². The molecule has 3 aromatic rings. The first kappa shape index (κ1) is 19.1. The van der Waals surface area contributed by atoms with E-state index in [-0.39, 0.29) is 12.7 Å². The first-order valence-electron chi connectivity index (χ1n) is 9.82. The van der Waals surface area contributed by atoms with E-state index in [1.54, 1.807) is 0 Å². The maximum Gasteiger partial charge on any atom is 0.268 e. The highest BCUT2D eigenvalue weighted by atomic mass is 16.7. The molecular weight excluding hydrogens is 364 g/mol. The molecule has 1 amide bonds. The highest BCUT2D eigenvalue weighted by molar-refractivity contribution is 5.95. The number of aryl methyl sites for hydroxylation is 1. The minimum atomic E-state index is -0.0662. The topological polar surface area (TPSA) is 52.5 Å². The van der Waals surface area contributed by atoms with Crippen LogP contribution < -0.4 is 14.8 Å². The smallest absolute Gasteiger partial charge is 0.268 e. The van der Waals surface area contributed by atoms with Crippen LogP contribution in [0.25, 0.3) is 0 Å². The minimum absolute atomic E-state index is 0.0662. The molecule has 0 bridgehead atoms. The fraction of sp³-hybridized carbons (Fsp3) is 0.292. The maximum absolute atomic E-state index is 13.1. The molecule has 1 aromatic heterocycles. The van der Waals surface area contributed by atoms with Gasteiger partial charge in [0.15, 0.2) is 11.5 Å². The Bertz CT molecular complexity index is 1060. The lowest BCUT2D eigenvalue weighted by atomic mass is 10.1. The number of hydrogen-bond donors (Lipinski definition) is 1. The highest BCUT2D eigenvalue weighted by Gasteiger charge is 2.21. The first-order chi connectivity index (χ1) is 13.9. The van der Waals surface area contributed by atoms with Crippen LogP contribution in [0.4, 0.5) is 0 Å². The van der Waals surface area contributed by atoms with Gasteiger partial charge in [0.05, 0.1) is 0 Å². The maximum atomic E-state index is 13.1. The number of rotatable bonds is 5. The Kier molecular flexibility index (Phi) is 5.05. The summed E-state index contributed by atoms with van der Waals surface area (Å²) in [4.78, 5) is 13.1. The summed E-state index contributed by atoms with van der Waals surface area (Å²) in [6.07, 6.45) is 0. The van der Waals surface area contributed by atoms with Crippen LogP contribution in [0.1, 0.15) is 44.0 Å². The van der Waals surface area contributed by atoms with Gasteiger partial charge < -0.3 is 19.4 Å². The van der Waals surface area contributed by atoms with Crippen molar-refractivity contribution in [1.82, 2.24) is 9.88 Å². The fourth-order valence-corrected chi connectivity index (χ4v) is 3.71. The molecule has 0 radical (unpaired) electrons. The van der Waals surface area contributed by atoms with Gasteiger partial charge >= 0.3 is 0 Å². The molecule has 0 saturated carbocycles. The van der Waals surface area contributed by atoms with Crippen LogP contribution in [0.5, 0.6) is 11.5 Å². The number of ether oxygens (including phenoxy) is 2. The van der Waals surface area contributed by atoms with Gasteiger partial charge in [-0.1, -0.05) is 35.9 Å². The molecule has 2 aromatic carbocycles. The zero-order valence-electron chi connectivity index (χ0n) is 17.3. The molecule has 0 unspecified atom stereocenters. The van der Waals surface area contributed by atoms with Crippen LogP contribution in [0.3, 0.4) is 0 Å². The summed E-state index contributed by atoms with van der Waals surface area (Å²) in [7, 11) is 0. The van der Waals surface area contributed by atoms with Crippen LogP contribution in [0, 0.1) is 27.7 Å². The Morgan fingerprint density at radius 2 is 1.62 bits per heavy atom. The third-order valence-electron chi connectivity index (χ3n) is 5.70. The standard InChI is InChI=1S/C24H26N2O3/c1-15-5-7-19(8-6-15)13-26-18(4)16(2)17(3)23(26)24(27)25-12-20-9-10-21-22(11-20)29-14-28-21/h5-11H,12-14H2,1-4H3,(H,25,27). The molecule has 150 valence electrons. The molecule has 0 aliphatic carbocycles. The van der Waals surface area contributed by atoms with E-state index >= 15 is 0 Å². The van der Waals surface area contributed by atoms with Gasteiger partial charge in [-0.3, -0.25) is 4.79 Å². The van der Waals surface area contributed by atoms with Gasteiger partial charge in [0.1, 0.15) is 5.69 Å². The highest BCUT2D eigenvalue weighted by Crippen LogP contribution is 2.32. The molecule has 29 heavy (non-hydrogen) atoms. The number of nitrogens with zero attached hydrogens (tertiary/aromatic N) is 1. The van der Waals surface area contributed by atoms with Gasteiger partial charge in [-0.15, -0.1) is 0 Å². The van der Waals surface area contributed by atoms with Crippen LogP contribution >= 0.6 is 0 Å². The number of hydrogen-bond acceptors (Lipinski definition) is 3. The van der Waals surface area contributed by atoms with Crippen LogP contribution in [-0.2, 0) is 13.1 Å². The lowest BCUT2D eigenvalue weighted by molar-refractivity contribution is 0.0941. The lowest BCUT2D eigenvalue weighted by Gasteiger charge is -2.13. The van der Waals surface area contributed by atoms with Gasteiger partial charge in [-0.2, -0.15) is 0 Å². The summed E-state index contributed by atoms with van der Waals surface area (Å²) in [5.41, 5.74) is 7.41. The van der Waals surface area contributed by atoms with E-state index in [0.717, 1.165) is 39.6 Å². The normalized spacial score (nSPS) is 12.3. The van der Waals surface area contributed by atoms with Gasteiger partial charge in [-0.25, -0.2) is 0 Å². The van der Waals surface area contributed by atoms with E-state index in [9.17, 15) is 4.79 Å². The van der Waals surface area contributed by atoms with E-state index in [1.807, 2.05) is 25.1 Å². The number of aromatic nitrogens is 1. The van der Waals surface area contributed by atoms with E-state index in [4.69, 9.17) is 9.47 Å². The molecule has 0 spiro atoms. The van der Waals surface area contributed by atoms with Crippen molar-refractivity contribution >= 4 is 5.91 Å². The number of nitrogens with one attached hydrogen (secondary N) is 1. The van der Waals surface area contributed by atoms with Gasteiger partial charge in [0.25, 0.3) is 5.91 Å². The number of amides is 1. The summed E-state index contributed by atoms with van der Waals surface area (Å²) in [5, 5.41) is 3.07. The van der Waals surface area contributed by atoms with Crippen molar-refractivity contribution in [2.45, 2.75) is 40.8 Å². The Morgan fingerprint density at radius 1 is 0.931 bits per heavy atom. The number of carbonyl (C=O) groups excluding carboxylic acids is 1. The molecule has 0 saturated heterocycles. The summed E-state index contributed by atoms with van der Waals surface area (Å²) in [6, 6.07) is 14.2. The molecule has 1 N–H and O–H groups in total. The monoisotopic (exact) mass is 390 g/mol. The molecule has 4 rings (SSSR count). The summed E-state index contributed by atoms with van der Waals surface area (Å²) in [6.45, 7) is 9.60. The summed E-state index contributed by atoms with van der Waals surface area (Å²) < 4.78 is 12.9. The van der Waals surface area contributed by atoms with Crippen LogP contribution in [-0.4, -0.2) is 17.3 Å². The third kappa shape index (κ3) is 3.73. The molecular formula is C24H26N2O3. The molecule has 0 atom stereocenters. The van der Waals surface area contributed by atoms with Crippen LogP contribution in [0.15, 0.2) is 42.5 Å². The number of fused-ring (bicyclic) bond motifs is 1. The number of benzene rings is 2. The predicted molar refractivity (Wildman–Crippen MR) is 113 cm³/mol. The molecule has 5 heteroatoms. The largest absolute Gasteiger partial charge is 0.454 e. The molecule has 0 fully saturated rings. The predicted octanol–water partition coefficient (Wildman–Crippen LogP) is 4.43. The average Bonchev–Trinajstić information content (AvgIpc) is 3.26. The number of carbonyl (C=O) groups is 1. The quantitative estimate of drug-likeness (QED) is 0.701. The van der Waals surface area contributed by atoms with Crippen molar-refractivity contribution in [3.63, 3.8) is 0 Å². The van der Waals surface area contributed by atoms with Crippen molar-refractivity contribution in [2.75, 3.05) is 6.79 Å². The fourth-order valence-electron chi connectivity index (χ4n) is 3.71. The van der Waals surface area contributed by atoms with Crippen molar-refractivity contribution in [3.05, 3.63) is 81.7 Å². The zero-order valence-corrected chi connectivity index (χ0v) is 17.3. The average molecular weight is 390 g/mol. The Labute approximate surface area is 171 Å². The Hall–Kier alpha value is -3.21. The Morgan fingerprint density at radius 3 is 2.38 bits per heavy atom. The molecule has 1 aliphatic rings.